The Labute approximate surface area is 104 Å². The summed E-state index contributed by atoms with van der Waals surface area (Å²) in [5.74, 6) is 1.17. The van der Waals surface area contributed by atoms with E-state index in [0.717, 1.165) is 51.5 Å². The number of nitrogens with one attached hydrogen (secondary N) is 1. The Hall–Kier alpha value is -0.830. The third-order valence-corrected chi connectivity index (χ3v) is 4.17. The van der Waals surface area contributed by atoms with Gasteiger partial charge in [0, 0.05) is 12.0 Å². The maximum absolute atomic E-state index is 12.1. The van der Waals surface area contributed by atoms with Crippen LogP contribution in [0.15, 0.2) is 12.2 Å². The molecule has 96 valence electrons. The number of allylic oxidation sites excluding steroid dienone is 1. The number of hydrogen-bond acceptors (Lipinski definition) is 2. The number of amides is 1. The van der Waals surface area contributed by atoms with Crippen molar-refractivity contribution >= 4 is 5.91 Å². The fourth-order valence-electron chi connectivity index (χ4n) is 2.90. The number of rotatable bonds is 3. The number of carbonyl (C=O) groups excluding carboxylic acids is 1. The molecule has 0 saturated heterocycles. The van der Waals surface area contributed by atoms with E-state index in [1.807, 2.05) is 0 Å². The molecule has 0 radical (unpaired) electrons. The number of carbonyl (C=O) groups is 1. The van der Waals surface area contributed by atoms with Gasteiger partial charge in [0.05, 0.1) is 0 Å². The average molecular weight is 236 g/mol. The van der Waals surface area contributed by atoms with Crippen LogP contribution in [-0.4, -0.2) is 18.5 Å². The van der Waals surface area contributed by atoms with Crippen LogP contribution in [0.4, 0.5) is 0 Å². The van der Waals surface area contributed by atoms with E-state index in [1.165, 1.54) is 0 Å². The van der Waals surface area contributed by atoms with Gasteiger partial charge in [-0.2, -0.15) is 0 Å². The fraction of sp³-hybridized carbons (Fsp3) is 0.786. The minimum Gasteiger partial charge on any atom is -0.353 e. The van der Waals surface area contributed by atoms with Gasteiger partial charge in [-0.3, -0.25) is 4.79 Å². The van der Waals surface area contributed by atoms with Crippen LogP contribution in [0.5, 0.6) is 0 Å². The van der Waals surface area contributed by atoms with Crippen LogP contribution in [0.25, 0.3) is 0 Å². The molecule has 1 atom stereocenters. The monoisotopic (exact) mass is 236 g/mol. The van der Waals surface area contributed by atoms with Crippen LogP contribution >= 0.6 is 0 Å². The van der Waals surface area contributed by atoms with Gasteiger partial charge in [0.1, 0.15) is 0 Å². The Morgan fingerprint density at radius 3 is 2.53 bits per heavy atom. The molecular formula is C14H24N2O. The van der Waals surface area contributed by atoms with Crippen molar-refractivity contribution in [1.82, 2.24) is 5.32 Å². The molecule has 3 nitrogen and oxygen atoms in total. The SMILES string of the molecule is NCC1CCC(C(=O)NC2CC=CCC2)CC1. The molecule has 2 aliphatic rings. The summed E-state index contributed by atoms with van der Waals surface area (Å²) in [4.78, 5) is 12.1. The zero-order valence-corrected chi connectivity index (χ0v) is 10.5. The van der Waals surface area contributed by atoms with Crippen LogP contribution in [0, 0.1) is 11.8 Å². The topological polar surface area (TPSA) is 55.1 Å². The molecule has 2 aliphatic carbocycles. The summed E-state index contributed by atoms with van der Waals surface area (Å²) >= 11 is 0. The van der Waals surface area contributed by atoms with Crippen molar-refractivity contribution in [3.05, 3.63) is 12.2 Å². The minimum absolute atomic E-state index is 0.240. The van der Waals surface area contributed by atoms with Crippen molar-refractivity contribution in [2.24, 2.45) is 17.6 Å². The van der Waals surface area contributed by atoms with Crippen LogP contribution < -0.4 is 11.1 Å². The van der Waals surface area contributed by atoms with E-state index in [0.29, 0.717) is 12.0 Å². The zero-order chi connectivity index (χ0) is 12.1. The van der Waals surface area contributed by atoms with E-state index in [4.69, 9.17) is 5.73 Å². The molecule has 0 aromatic carbocycles. The lowest BCUT2D eigenvalue weighted by atomic mass is 9.81. The van der Waals surface area contributed by atoms with E-state index in [2.05, 4.69) is 17.5 Å². The molecule has 0 bridgehead atoms. The second kappa shape index (κ2) is 6.20. The molecule has 2 rings (SSSR count). The molecule has 0 spiro atoms. The van der Waals surface area contributed by atoms with E-state index in [9.17, 15) is 4.79 Å². The highest BCUT2D eigenvalue weighted by molar-refractivity contribution is 5.79. The van der Waals surface area contributed by atoms with Crippen molar-refractivity contribution < 1.29 is 4.79 Å². The highest BCUT2D eigenvalue weighted by atomic mass is 16.1. The molecule has 0 heterocycles. The molecule has 3 heteroatoms. The van der Waals surface area contributed by atoms with Gasteiger partial charge in [0.25, 0.3) is 0 Å². The third kappa shape index (κ3) is 3.56. The van der Waals surface area contributed by atoms with Crippen LogP contribution in [0.3, 0.4) is 0 Å². The second-order valence-electron chi connectivity index (χ2n) is 5.44. The first-order valence-electron chi connectivity index (χ1n) is 6.95. The summed E-state index contributed by atoms with van der Waals surface area (Å²) in [7, 11) is 0. The lowest BCUT2D eigenvalue weighted by Gasteiger charge is -2.29. The molecule has 0 aromatic rings. The first-order chi connectivity index (χ1) is 8.29. The quantitative estimate of drug-likeness (QED) is 0.736. The predicted octanol–water partition coefficient (Wildman–Crippen LogP) is 1.98. The largest absolute Gasteiger partial charge is 0.353 e. The van der Waals surface area contributed by atoms with Crippen molar-refractivity contribution in [2.75, 3.05) is 6.54 Å². The van der Waals surface area contributed by atoms with Crippen molar-refractivity contribution in [3.63, 3.8) is 0 Å². The first-order valence-corrected chi connectivity index (χ1v) is 6.95. The normalized spacial score (nSPS) is 33.4. The molecule has 17 heavy (non-hydrogen) atoms. The average Bonchev–Trinajstić information content (AvgIpc) is 2.40. The van der Waals surface area contributed by atoms with Crippen LogP contribution in [0.2, 0.25) is 0 Å². The second-order valence-corrected chi connectivity index (χ2v) is 5.44. The highest BCUT2D eigenvalue weighted by Crippen LogP contribution is 2.28. The van der Waals surface area contributed by atoms with Crippen LogP contribution in [0.1, 0.15) is 44.9 Å². The summed E-state index contributed by atoms with van der Waals surface area (Å²) in [6.45, 7) is 0.780. The van der Waals surface area contributed by atoms with Crippen molar-refractivity contribution in [2.45, 2.75) is 51.0 Å². The molecule has 0 aliphatic heterocycles. The fourth-order valence-corrected chi connectivity index (χ4v) is 2.90. The molecule has 1 saturated carbocycles. The maximum atomic E-state index is 12.1. The van der Waals surface area contributed by atoms with Gasteiger partial charge in [0.2, 0.25) is 5.91 Å². The third-order valence-electron chi connectivity index (χ3n) is 4.17. The number of hydrogen-bond donors (Lipinski definition) is 2. The van der Waals surface area contributed by atoms with Gasteiger partial charge < -0.3 is 11.1 Å². The van der Waals surface area contributed by atoms with Gasteiger partial charge in [-0.25, -0.2) is 0 Å². The summed E-state index contributed by atoms with van der Waals surface area (Å²) in [5, 5.41) is 3.20. The van der Waals surface area contributed by atoms with Gasteiger partial charge in [-0.15, -0.1) is 0 Å². The molecule has 0 aromatic heterocycles. The van der Waals surface area contributed by atoms with E-state index in [-0.39, 0.29) is 11.8 Å². The Morgan fingerprint density at radius 2 is 1.94 bits per heavy atom. The summed E-state index contributed by atoms with van der Waals surface area (Å²) in [6, 6.07) is 0.375. The zero-order valence-electron chi connectivity index (χ0n) is 10.5. The van der Waals surface area contributed by atoms with Crippen LogP contribution in [-0.2, 0) is 4.79 Å². The molecular weight excluding hydrogens is 212 g/mol. The molecule has 1 unspecified atom stereocenters. The van der Waals surface area contributed by atoms with Crippen molar-refractivity contribution in [1.29, 1.82) is 0 Å². The predicted molar refractivity (Wildman–Crippen MR) is 69.4 cm³/mol. The number of nitrogens with two attached hydrogens (primary N) is 1. The summed E-state index contributed by atoms with van der Waals surface area (Å²) in [5.41, 5.74) is 5.67. The standard InChI is InChI=1S/C14H24N2O/c15-10-11-6-8-12(9-7-11)14(17)16-13-4-2-1-3-5-13/h1-2,11-13H,3-10,15H2,(H,16,17). The lowest BCUT2D eigenvalue weighted by molar-refractivity contribution is -0.127. The molecule has 1 amide bonds. The Kier molecular flexibility index (Phi) is 4.60. The van der Waals surface area contributed by atoms with Gasteiger partial charge in [-0.1, -0.05) is 12.2 Å². The van der Waals surface area contributed by atoms with Gasteiger partial charge in [-0.05, 0) is 57.4 Å². The summed E-state index contributed by atoms with van der Waals surface area (Å²) in [6.07, 6.45) is 11.9. The maximum Gasteiger partial charge on any atom is 0.223 e. The Bertz CT molecular complexity index is 280. The van der Waals surface area contributed by atoms with Gasteiger partial charge >= 0.3 is 0 Å². The van der Waals surface area contributed by atoms with E-state index >= 15 is 0 Å². The Morgan fingerprint density at radius 1 is 1.18 bits per heavy atom. The smallest absolute Gasteiger partial charge is 0.223 e. The lowest BCUT2D eigenvalue weighted by Crippen LogP contribution is -2.40. The van der Waals surface area contributed by atoms with Crippen molar-refractivity contribution in [3.8, 4) is 0 Å². The first kappa shape index (κ1) is 12.6. The van der Waals surface area contributed by atoms with E-state index < -0.39 is 0 Å². The Balaban J connectivity index is 1.74. The van der Waals surface area contributed by atoms with Gasteiger partial charge in [0.15, 0.2) is 0 Å². The molecule has 3 N–H and O–H groups in total. The summed E-state index contributed by atoms with van der Waals surface area (Å²) < 4.78 is 0. The minimum atomic E-state index is 0.240. The van der Waals surface area contributed by atoms with E-state index in [1.54, 1.807) is 0 Å². The molecule has 1 fully saturated rings. The highest BCUT2D eigenvalue weighted by Gasteiger charge is 2.26.